The lowest BCUT2D eigenvalue weighted by atomic mass is 9.33. The number of nitrogens with zero attached hydrogens (tertiary/aromatic N) is 4. The molecule has 6 heterocycles. The number of benzene rings is 15. The summed E-state index contributed by atoms with van der Waals surface area (Å²) < 4.78 is 19.3. The van der Waals surface area contributed by atoms with E-state index in [1.54, 1.807) is 0 Å². The monoisotopic (exact) mass is 1400 g/mol. The fourth-order valence-corrected chi connectivity index (χ4v) is 18.5. The van der Waals surface area contributed by atoms with Crippen LogP contribution in [0, 0.1) is 0 Å². The summed E-state index contributed by atoms with van der Waals surface area (Å²) in [7, 11) is 0. The van der Waals surface area contributed by atoms with Crippen molar-refractivity contribution < 1.29 is 8.83 Å². The molecule has 2 aliphatic rings. The summed E-state index contributed by atoms with van der Waals surface area (Å²) in [5, 5.41) is 9.29. The molecule has 0 radical (unpaired) electrons. The molecule has 21 rings (SSSR count). The highest BCUT2D eigenvalue weighted by molar-refractivity contribution is 7.00. The lowest BCUT2D eigenvalue weighted by molar-refractivity contribution is 0.590. The van der Waals surface area contributed by atoms with Gasteiger partial charge in [-0.05, 0) is 195 Å². The number of hydrogen-bond acceptors (Lipinski definition) is 4. The van der Waals surface area contributed by atoms with Crippen molar-refractivity contribution in [1.29, 1.82) is 0 Å². The number of furan rings is 2. The summed E-state index contributed by atoms with van der Waals surface area (Å²) in [6.07, 6.45) is 5.68. The van der Waals surface area contributed by atoms with Gasteiger partial charge in [0.25, 0.3) is 6.71 Å². The average molecular weight is 1400 g/mol. The minimum Gasteiger partial charge on any atom is -0.456 e. The summed E-state index contributed by atoms with van der Waals surface area (Å²) in [5.41, 5.74) is 33.8. The molecule has 6 nitrogen and oxygen atoms in total. The van der Waals surface area contributed by atoms with Gasteiger partial charge in [-0.2, -0.15) is 0 Å². The van der Waals surface area contributed by atoms with E-state index in [-0.39, 0.29) is 12.1 Å². The number of anilines is 6. The van der Waals surface area contributed by atoms with Crippen molar-refractivity contribution >= 4 is 145 Å². The van der Waals surface area contributed by atoms with Crippen LogP contribution in [0.15, 0.2) is 324 Å². The molecule has 0 saturated carbocycles. The third-order valence-electron chi connectivity index (χ3n) is 23.6. The van der Waals surface area contributed by atoms with Gasteiger partial charge < -0.3 is 27.8 Å². The van der Waals surface area contributed by atoms with E-state index in [0.717, 1.165) is 161 Å². The van der Waals surface area contributed by atoms with Crippen molar-refractivity contribution in [3.63, 3.8) is 0 Å². The quantitative estimate of drug-likeness (QED) is 0.102. The zero-order valence-corrected chi connectivity index (χ0v) is 61.9. The Morgan fingerprint density at radius 1 is 0.312 bits per heavy atom. The lowest BCUT2D eigenvalue weighted by Crippen LogP contribution is -2.61. The van der Waals surface area contributed by atoms with Crippen LogP contribution in [0.2, 0.25) is 0 Å². The second-order valence-corrected chi connectivity index (χ2v) is 31.1. The van der Waals surface area contributed by atoms with Gasteiger partial charge >= 0.3 is 0 Å². The molecule has 0 N–H and O–H groups in total. The summed E-state index contributed by atoms with van der Waals surface area (Å²) in [5.74, 6) is 0. The first-order valence-corrected chi connectivity index (χ1v) is 39.0. The van der Waals surface area contributed by atoms with E-state index in [2.05, 4.69) is 369 Å². The highest BCUT2D eigenvalue weighted by Gasteiger charge is 2.47. The summed E-state index contributed by atoms with van der Waals surface area (Å²) in [4.78, 5) is 5.53. The van der Waals surface area contributed by atoms with Gasteiger partial charge in [-0.1, -0.05) is 266 Å². The number of aromatic nitrogens is 2. The van der Waals surface area contributed by atoms with Gasteiger partial charge in [-0.3, -0.25) is 0 Å². The second-order valence-electron chi connectivity index (χ2n) is 31.1. The van der Waals surface area contributed by atoms with Crippen LogP contribution in [-0.2, 0) is 18.3 Å². The predicted molar refractivity (Wildman–Crippen MR) is 461 cm³/mol. The van der Waals surface area contributed by atoms with E-state index < -0.39 is 0 Å². The SMILES string of the molecule is CCCCc1cc2oc3ccccc3c2c(-c2ccccc2)c1N1c2cc(-n3c4ccccc4c4cc(-c5ccccc5)ccc43)ccc2B2c3ccc(-n4c5ccccc5c5cc(-c6ccccc6)ccc54)cc3N(c3c(CCCC)cc4oc5ccccc5c4c3-c3ccccc3)c3cc(C(C)(C)C)cc1c32. The van der Waals surface area contributed by atoms with Crippen molar-refractivity contribution in [2.24, 2.45) is 0 Å². The third-order valence-corrected chi connectivity index (χ3v) is 23.6. The molecular weight excluding hydrogens is 1320 g/mol. The zero-order valence-electron chi connectivity index (χ0n) is 61.9. The first-order valence-electron chi connectivity index (χ1n) is 39.0. The van der Waals surface area contributed by atoms with Gasteiger partial charge in [-0.25, -0.2) is 0 Å². The summed E-state index contributed by atoms with van der Waals surface area (Å²) >= 11 is 0. The van der Waals surface area contributed by atoms with Crippen molar-refractivity contribution in [3.05, 3.63) is 332 Å². The molecule has 15 aromatic carbocycles. The van der Waals surface area contributed by atoms with Crippen LogP contribution in [0.25, 0.3) is 143 Å². The molecule has 109 heavy (non-hydrogen) atoms. The smallest absolute Gasteiger partial charge is 0.252 e. The number of para-hydroxylation sites is 4. The molecule has 0 saturated heterocycles. The normalized spacial score (nSPS) is 12.8. The van der Waals surface area contributed by atoms with Gasteiger partial charge in [0.15, 0.2) is 0 Å². The van der Waals surface area contributed by atoms with Gasteiger partial charge in [0.1, 0.15) is 22.3 Å². The number of unbranched alkanes of at least 4 members (excludes halogenated alkanes) is 2. The van der Waals surface area contributed by atoms with Gasteiger partial charge in [0, 0.05) is 88.3 Å². The second kappa shape index (κ2) is 25.4. The highest BCUT2D eigenvalue weighted by atomic mass is 16.3. The van der Waals surface area contributed by atoms with Crippen LogP contribution in [0.3, 0.4) is 0 Å². The fraction of sp³-hybridized carbons (Fsp3) is 0.118. The van der Waals surface area contributed by atoms with Crippen LogP contribution in [-0.4, -0.2) is 15.8 Å². The zero-order chi connectivity index (χ0) is 72.8. The van der Waals surface area contributed by atoms with Crippen LogP contribution < -0.4 is 26.2 Å². The summed E-state index contributed by atoms with van der Waals surface area (Å²) in [6, 6.07) is 119. The molecule has 0 fully saturated rings. The standard InChI is InChI=1S/C102H79BN4O2/c1-6-8-30-70-58-93-97(77-42-24-28-46-91(77)108-93)95(66-36-18-12-19-37-66)100(70)106-87-62-73(104-83-44-26-22-40-75(83)79-56-68(48-54-85(79)104)64-32-14-10-15-33-64)50-52-81(87)103-82-53-51-74(105-84-45-27-23-41-76(84)80-57-69(49-55-86(80)105)65-34-16-11-17-35-65)63-88(82)107(90-61-72(102(3,4)5)60-89(106)99(90)103)101-71(31-9-7-2)59-94-98(78-43-25-29-47-92(78)109-94)96(101)67-38-20-13-21-39-67/h10-29,32-63H,6-9,30-31H2,1-5H3. The average Bonchev–Trinajstić information content (AvgIpc) is 1.15. The Morgan fingerprint density at radius 3 is 1.10 bits per heavy atom. The maximum atomic E-state index is 7.14. The molecule has 0 spiro atoms. The van der Waals surface area contributed by atoms with Crippen LogP contribution in [0.4, 0.5) is 34.1 Å². The van der Waals surface area contributed by atoms with Gasteiger partial charge in [0.2, 0.25) is 0 Å². The predicted octanol–water partition coefficient (Wildman–Crippen LogP) is 26.4. The number of hydrogen-bond donors (Lipinski definition) is 0. The molecule has 2 aliphatic heterocycles. The van der Waals surface area contributed by atoms with E-state index in [1.165, 1.54) is 88.3 Å². The van der Waals surface area contributed by atoms with Crippen molar-refractivity contribution in [2.75, 3.05) is 9.80 Å². The third kappa shape index (κ3) is 10.2. The van der Waals surface area contributed by atoms with E-state index in [4.69, 9.17) is 8.83 Å². The highest BCUT2D eigenvalue weighted by Crippen LogP contribution is 2.56. The van der Waals surface area contributed by atoms with Gasteiger partial charge in [-0.15, -0.1) is 0 Å². The Kier molecular flexibility index (Phi) is 15.1. The molecule has 0 amide bonds. The number of aryl methyl sites for hydroxylation is 2. The van der Waals surface area contributed by atoms with Gasteiger partial charge in [0.05, 0.1) is 33.4 Å². The minimum absolute atomic E-state index is 0.256. The molecule has 522 valence electrons. The Balaban J connectivity index is 0.929. The largest absolute Gasteiger partial charge is 0.456 e. The maximum Gasteiger partial charge on any atom is 0.252 e. The molecule has 7 heteroatoms. The molecule has 0 aliphatic carbocycles. The lowest BCUT2D eigenvalue weighted by Gasteiger charge is -2.46. The minimum atomic E-state index is -0.345. The molecular formula is C102H79BN4O2. The number of rotatable bonds is 14. The fourth-order valence-electron chi connectivity index (χ4n) is 18.5. The maximum absolute atomic E-state index is 7.14. The van der Waals surface area contributed by atoms with Crippen LogP contribution in [0.1, 0.15) is 77.0 Å². The number of fused-ring (bicyclic) bond motifs is 16. The Labute approximate surface area is 635 Å². The Morgan fingerprint density at radius 2 is 0.688 bits per heavy atom. The molecule has 19 aromatic rings. The Bertz CT molecular complexity index is 6470. The van der Waals surface area contributed by atoms with E-state index >= 15 is 0 Å². The first kappa shape index (κ1) is 64.5. The van der Waals surface area contributed by atoms with Crippen molar-refractivity contribution in [1.82, 2.24) is 9.13 Å². The molecule has 0 bridgehead atoms. The Hall–Kier alpha value is -12.8. The molecule has 0 atom stereocenters. The van der Waals surface area contributed by atoms with E-state index in [0.29, 0.717) is 0 Å². The van der Waals surface area contributed by atoms with Crippen LogP contribution in [0.5, 0.6) is 0 Å². The molecule has 0 unspecified atom stereocenters. The van der Waals surface area contributed by atoms with E-state index in [1.807, 2.05) is 0 Å². The summed E-state index contributed by atoms with van der Waals surface area (Å²) in [6.45, 7) is 11.6. The van der Waals surface area contributed by atoms with E-state index in [9.17, 15) is 0 Å². The first-order chi connectivity index (χ1) is 53.6. The topological polar surface area (TPSA) is 42.6 Å². The molecule has 4 aromatic heterocycles. The van der Waals surface area contributed by atoms with Crippen LogP contribution >= 0.6 is 0 Å². The van der Waals surface area contributed by atoms with Crippen molar-refractivity contribution in [3.8, 4) is 55.9 Å². The van der Waals surface area contributed by atoms with Crippen molar-refractivity contribution in [2.45, 2.75) is 78.6 Å².